The van der Waals surface area contributed by atoms with Gasteiger partial charge in [-0.25, -0.2) is 0 Å². The van der Waals surface area contributed by atoms with Crippen LogP contribution >= 0.6 is 11.6 Å². The molecule has 2 aromatic rings. The molecule has 0 aliphatic heterocycles. The molecule has 0 heterocycles. The summed E-state index contributed by atoms with van der Waals surface area (Å²) in [7, 11) is 0. The fourth-order valence-electron chi connectivity index (χ4n) is 2.70. The van der Waals surface area contributed by atoms with Gasteiger partial charge >= 0.3 is 0 Å². The van der Waals surface area contributed by atoms with E-state index in [1.165, 1.54) is 0 Å². The molecule has 0 bridgehead atoms. The monoisotopic (exact) mass is 359 g/mol. The van der Waals surface area contributed by atoms with Crippen molar-refractivity contribution < 1.29 is 9.53 Å². The normalized spacial score (nSPS) is 13.3. The van der Waals surface area contributed by atoms with Crippen LogP contribution in [0.4, 0.5) is 0 Å². The average molecular weight is 360 g/mol. The summed E-state index contributed by atoms with van der Waals surface area (Å²) >= 11 is 5.89. The third-order valence-electron chi connectivity index (χ3n) is 3.98. The summed E-state index contributed by atoms with van der Waals surface area (Å²) < 4.78 is 5.85. The predicted octanol–water partition coefficient (Wildman–Crippen LogP) is 5.40. The Bertz CT molecular complexity index is 655. The van der Waals surface area contributed by atoms with Crippen molar-refractivity contribution >= 4 is 17.5 Å². The second kappa shape index (κ2) is 9.47. The van der Waals surface area contributed by atoms with Gasteiger partial charge in [-0.1, -0.05) is 62.7 Å². The molecule has 0 aromatic heterocycles. The van der Waals surface area contributed by atoms with Crippen molar-refractivity contribution in [2.45, 2.75) is 45.8 Å². The van der Waals surface area contributed by atoms with Crippen LogP contribution in [0.1, 0.15) is 45.2 Å². The minimum atomic E-state index is -0.528. The van der Waals surface area contributed by atoms with E-state index in [0.717, 1.165) is 12.0 Å². The van der Waals surface area contributed by atoms with Crippen molar-refractivity contribution in [2.75, 3.05) is 0 Å². The maximum absolute atomic E-state index is 12.7. The van der Waals surface area contributed by atoms with Gasteiger partial charge in [-0.15, -0.1) is 0 Å². The Hall–Kier alpha value is -2.00. The first kappa shape index (κ1) is 19.3. The standard InChI is InChI=1S/C21H26ClNO2/c1-4-20(25-18-12-10-17(22)11-13-18)21(24)23-19(14-15(2)3)16-8-6-5-7-9-16/h5-13,15,19-20H,4,14H2,1-3H3,(H,23,24)/t19-,20+/m1/s1. The van der Waals surface area contributed by atoms with E-state index in [2.05, 4.69) is 19.2 Å². The molecule has 0 spiro atoms. The highest BCUT2D eigenvalue weighted by molar-refractivity contribution is 6.30. The zero-order chi connectivity index (χ0) is 18.2. The fraction of sp³-hybridized carbons (Fsp3) is 0.381. The number of rotatable bonds is 8. The highest BCUT2D eigenvalue weighted by Crippen LogP contribution is 2.22. The van der Waals surface area contributed by atoms with Crippen LogP contribution in [-0.4, -0.2) is 12.0 Å². The van der Waals surface area contributed by atoms with Gasteiger partial charge in [0.15, 0.2) is 6.10 Å². The van der Waals surface area contributed by atoms with E-state index in [1.807, 2.05) is 37.3 Å². The van der Waals surface area contributed by atoms with Crippen LogP contribution in [0.15, 0.2) is 54.6 Å². The summed E-state index contributed by atoms with van der Waals surface area (Å²) in [4.78, 5) is 12.7. The van der Waals surface area contributed by atoms with E-state index in [9.17, 15) is 4.79 Å². The van der Waals surface area contributed by atoms with Gasteiger partial charge in [0.1, 0.15) is 5.75 Å². The largest absolute Gasteiger partial charge is 0.481 e. The maximum Gasteiger partial charge on any atom is 0.261 e. The highest BCUT2D eigenvalue weighted by atomic mass is 35.5. The molecular weight excluding hydrogens is 334 g/mol. The van der Waals surface area contributed by atoms with Crippen molar-refractivity contribution in [1.82, 2.24) is 5.32 Å². The molecule has 2 rings (SSSR count). The number of nitrogens with one attached hydrogen (secondary N) is 1. The van der Waals surface area contributed by atoms with E-state index < -0.39 is 6.10 Å². The molecule has 0 fully saturated rings. The molecule has 0 saturated heterocycles. The number of amides is 1. The molecule has 2 aromatic carbocycles. The molecule has 1 N–H and O–H groups in total. The molecule has 0 aliphatic carbocycles. The summed E-state index contributed by atoms with van der Waals surface area (Å²) in [6.07, 6.45) is 0.949. The predicted molar refractivity (Wildman–Crippen MR) is 103 cm³/mol. The topological polar surface area (TPSA) is 38.3 Å². The first-order valence-electron chi connectivity index (χ1n) is 8.77. The molecule has 4 heteroatoms. The SMILES string of the molecule is CC[C@H](Oc1ccc(Cl)cc1)C(=O)N[C@H](CC(C)C)c1ccccc1. The van der Waals surface area contributed by atoms with E-state index in [1.54, 1.807) is 24.3 Å². The van der Waals surface area contributed by atoms with Gasteiger partial charge in [-0.05, 0) is 48.6 Å². The Morgan fingerprint density at radius 3 is 2.28 bits per heavy atom. The lowest BCUT2D eigenvalue weighted by atomic mass is 9.96. The smallest absolute Gasteiger partial charge is 0.261 e. The van der Waals surface area contributed by atoms with E-state index in [4.69, 9.17) is 16.3 Å². The fourth-order valence-corrected chi connectivity index (χ4v) is 2.83. The van der Waals surface area contributed by atoms with E-state index in [-0.39, 0.29) is 11.9 Å². The average Bonchev–Trinajstić information content (AvgIpc) is 2.61. The number of carbonyl (C=O) groups is 1. The van der Waals surface area contributed by atoms with Gasteiger partial charge in [0.2, 0.25) is 0 Å². The van der Waals surface area contributed by atoms with Gasteiger partial charge in [-0.2, -0.15) is 0 Å². The third-order valence-corrected chi connectivity index (χ3v) is 4.23. The zero-order valence-electron chi connectivity index (χ0n) is 15.0. The van der Waals surface area contributed by atoms with Gasteiger partial charge < -0.3 is 10.1 Å². The van der Waals surface area contributed by atoms with Crippen LogP contribution in [0.2, 0.25) is 5.02 Å². The third kappa shape index (κ3) is 6.09. The molecular formula is C21H26ClNO2. The molecule has 0 unspecified atom stereocenters. The number of hydrogen-bond acceptors (Lipinski definition) is 2. The van der Waals surface area contributed by atoms with Crippen molar-refractivity contribution in [2.24, 2.45) is 5.92 Å². The minimum Gasteiger partial charge on any atom is -0.481 e. The minimum absolute atomic E-state index is 0.0171. The first-order valence-corrected chi connectivity index (χ1v) is 9.15. The Morgan fingerprint density at radius 1 is 1.08 bits per heavy atom. The lowest BCUT2D eigenvalue weighted by Gasteiger charge is -2.24. The molecule has 0 radical (unpaired) electrons. The number of halogens is 1. The molecule has 1 amide bonds. The molecule has 3 nitrogen and oxygen atoms in total. The van der Waals surface area contributed by atoms with Crippen molar-refractivity contribution in [3.8, 4) is 5.75 Å². The summed E-state index contributed by atoms with van der Waals surface area (Å²) in [5.41, 5.74) is 1.12. The van der Waals surface area contributed by atoms with Crippen LogP contribution in [0.5, 0.6) is 5.75 Å². The quantitative estimate of drug-likeness (QED) is 0.685. The lowest BCUT2D eigenvalue weighted by molar-refractivity contribution is -0.129. The Balaban J connectivity index is 2.08. The Morgan fingerprint density at radius 2 is 1.72 bits per heavy atom. The van der Waals surface area contributed by atoms with Gasteiger partial charge in [0.25, 0.3) is 5.91 Å². The number of hydrogen-bond donors (Lipinski definition) is 1. The van der Waals surface area contributed by atoms with E-state index in [0.29, 0.717) is 23.1 Å². The van der Waals surface area contributed by atoms with Crippen LogP contribution in [0, 0.1) is 5.92 Å². The molecule has 0 saturated carbocycles. The second-order valence-electron chi connectivity index (χ2n) is 6.57. The molecule has 134 valence electrons. The van der Waals surface area contributed by atoms with Crippen LogP contribution in [-0.2, 0) is 4.79 Å². The Kier molecular flexibility index (Phi) is 7.32. The summed E-state index contributed by atoms with van der Waals surface area (Å²) in [5, 5.41) is 3.80. The van der Waals surface area contributed by atoms with Crippen molar-refractivity contribution in [3.63, 3.8) is 0 Å². The zero-order valence-corrected chi connectivity index (χ0v) is 15.8. The summed E-state index contributed by atoms with van der Waals surface area (Å²) in [6.45, 7) is 6.26. The van der Waals surface area contributed by atoms with Crippen molar-refractivity contribution in [3.05, 3.63) is 65.2 Å². The number of carbonyl (C=O) groups excluding carboxylic acids is 1. The van der Waals surface area contributed by atoms with Crippen molar-refractivity contribution in [1.29, 1.82) is 0 Å². The van der Waals surface area contributed by atoms with Gasteiger partial charge in [-0.3, -0.25) is 4.79 Å². The van der Waals surface area contributed by atoms with Crippen LogP contribution in [0.25, 0.3) is 0 Å². The van der Waals surface area contributed by atoms with Crippen LogP contribution < -0.4 is 10.1 Å². The number of benzene rings is 2. The summed E-state index contributed by atoms with van der Waals surface area (Å²) in [6, 6.07) is 17.1. The van der Waals surface area contributed by atoms with Gasteiger partial charge in [0.05, 0.1) is 6.04 Å². The van der Waals surface area contributed by atoms with Gasteiger partial charge in [0, 0.05) is 5.02 Å². The molecule has 0 aliphatic rings. The lowest BCUT2D eigenvalue weighted by Crippen LogP contribution is -2.40. The summed E-state index contributed by atoms with van der Waals surface area (Å²) in [5.74, 6) is 1.03. The second-order valence-corrected chi connectivity index (χ2v) is 7.01. The molecule has 25 heavy (non-hydrogen) atoms. The van der Waals surface area contributed by atoms with E-state index >= 15 is 0 Å². The highest BCUT2D eigenvalue weighted by Gasteiger charge is 2.23. The number of ether oxygens (including phenoxy) is 1. The molecule has 2 atom stereocenters. The first-order chi connectivity index (χ1) is 12.0. The maximum atomic E-state index is 12.7. The Labute approximate surface area is 155 Å². The van der Waals surface area contributed by atoms with Crippen LogP contribution in [0.3, 0.4) is 0 Å².